The van der Waals surface area contributed by atoms with Gasteiger partial charge in [0.1, 0.15) is 0 Å². The fraction of sp³-hybridized carbons (Fsp3) is 0.571. The van der Waals surface area contributed by atoms with Crippen molar-refractivity contribution in [1.82, 2.24) is 0 Å². The number of carbonyl (C=O) groups is 1. The minimum atomic E-state index is -0.228. The number of hydrogen-bond donors (Lipinski definition) is 0. The van der Waals surface area contributed by atoms with E-state index in [1.165, 1.54) is 0 Å². The fourth-order valence-corrected chi connectivity index (χ4v) is 0.797. The van der Waals surface area contributed by atoms with Gasteiger partial charge in [-0.15, -0.1) is 0 Å². The van der Waals surface area contributed by atoms with Gasteiger partial charge in [0.05, 0.1) is 6.61 Å². The Morgan fingerprint density at radius 2 is 2.44 bits per heavy atom. The molecule has 0 bridgehead atoms. The number of cyclic esters (lactones) is 1. The zero-order valence-electron chi connectivity index (χ0n) is 5.52. The largest absolute Gasteiger partial charge is 0.462 e. The Kier molecular flexibility index (Phi) is 1.56. The maximum absolute atomic E-state index is 10.7. The van der Waals surface area contributed by atoms with Gasteiger partial charge in [-0.3, -0.25) is 0 Å². The second kappa shape index (κ2) is 2.21. The molecule has 2 heteroatoms. The highest BCUT2D eigenvalue weighted by Gasteiger charge is 2.20. The quantitative estimate of drug-likeness (QED) is 0.359. The lowest BCUT2D eigenvalue weighted by Crippen LogP contribution is -2.21. The predicted molar refractivity (Wildman–Crippen MR) is 33.9 cm³/mol. The molecule has 1 saturated heterocycles. The molecule has 0 aromatic heterocycles. The summed E-state index contributed by atoms with van der Waals surface area (Å²) in [5, 5.41) is 0. The zero-order valence-corrected chi connectivity index (χ0v) is 5.52. The Balaban J connectivity index is 2.62. The highest BCUT2D eigenvalue weighted by molar-refractivity contribution is 5.88. The topological polar surface area (TPSA) is 26.3 Å². The van der Waals surface area contributed by atoms with Gasteiger partial charge in [-0.05, 0) is 12.3 Å². The second-order valence-electron chi connectivity index (χ2n) is 2.35. The fourth-order valence-electron chi connectivity index (χ4n) is 0.797. The van der Waals surface area contributed by atoms with Crippen LogP contribution in [0.3, 0.4) is 0 Å². The van der Waals surface area contributed by atoms with Crippen molar-refractivity contribution in [3.05, 3.63) is 12.2 Å². The van der Waals surface area contributed by atoms with Crippen molar-refractivity contribution < 1.29 is 9.53 Å². The van der Waals surface area contributed by atoms with Crippen LogP contribution in [0.4, 0.5) is 0 Å². The first-order chi connectivity index (χ1) is 4.22. The summed E-state index contributed by atoms with van der Waals surface area (Å²) < 4.78 is 4.72. The van der Waals surface area contributed by atoms with Gasteiger partial charge in [0.15, 0.2) is 0 Å². The Morgan fingerprint density at radius 1 is 1.78 bits per heavy atom. The number of ether oxygens (including phenoxy) is 1. The molecule has 1 unspecified atom stereocenters. The molecule has 0 aromatic carbocycles. The first-order valence-corrected chi connectivity index (χ1v) is 3.07. The smallest absolute Gasteiger partial charge is 0.333 e. The van der Waals surface area contributed by atoms with Gasteiger partial charge in [-0.1, -0.05) is 13.5 Å². The minimum Gasteiger partial charge on any atom is -0.462 e. The van der Waals surface area contributed by atoms with E-state index in [0.29, 0.717) is 18.1 Å². The Morgan fingerprint density at radius 3 is 2.89 bits per heavy atom. The molecule has 1 aliphatic rings. The highest BCUT2D eigenvalue weighted by Crippen LogP contribution is 2.18. The van der Waals surface area contributed by atoms with E-state index in [1.54, 1.807) is 0 Å². The van der Waals surface area contributed by atoms with E-state index in [4.69, 9.17) is 4.74 Å². The summed E-state index contributed by atoms with van der Waals surface area (Å²) in [6.45, 7) is 6.15. The van der Waals surface area contributed by atoms with E-state index in [1.807, 2.05) is 6.92 Å². The van der Waals surface area contributed by atoms with Crippen molar-refractivity contribution in [3.8, 4) is 0 Å². The molecule has 0 aliphatic carbocycles. The summed E-state index contributed by atoms with van der Waals surface area (Å²) >= 11 is 0. The Hall–Kier alpha value is -0.790. The average molecular weight is 126 g/mol. The van der Waals surface area contributed by atoms with E-state index in [9.17, 15) is 4.79 Å². The van der Waals surface area contributed by atoms with Crippen molar-refractivity contribution in [2.75, 3.05) is 6.61 Å². The highest BCUT2D eigenvalue weighted by atomic mass is 16.5. The van der Waals surface area contributed by atoms with E-state index < -0.39 is 0 Å². The molecule has 1 atom stereocenters. The van der Waals surface area contributed by atoms with Crippen molar-refractivity contribution in [1.29, 1.82) is 0 Å². The molecule has 1 fully saturated rings. The van der Waals surface area contributed by atoms with Gasteiger partial charge >= 0.3 is 5.97 Å². The SMILES string of the molecule is C=C1C(=O)OCCC1C. The number of esters is 1. The van der Waals surface area contributed by atoms with Crippen LogP contribution in [0.25, 0.3) is 0 Å². The summed E-state index contributed by atoms with van der Waals surface area (Å²) in [7, 11) is 0. The first-order valence-electron chi connectivity index (χ1n) is 3.07. The molecule has 0 saturated carbocycles. The van der Waals surface area contributed by atoms with Crippen molar-refractivity contribution in [2.45, 2.75) is 13.3 Å². The maximum atomic E-state index is 10.7. The van der Waals surface area contributed by atoms with Crippen LogP contribution in [0.1, 0.15) is 13.3 Å². The van der Waals surface area contributed by atoms with Gasteiger partial charge in [0, 0.05) is 5.57 Å². The number of rotatable bonds is 0. The molecule has 9 heavy (non-hydrogen) atoms. The Labute approximate surface area is 54.5 Å². The molecule has 1 rings (SSSR count). The third-order valence-corrected chi connectivity index (χ3v) is 1.64. The van der Waals surface area contributed by atoms with Crippen LogP contribution in [-0.4, -0.2) is 12.6 Å². The van der Waals surface area contributed by atoms with Crippen LogP contribution < -0.4 is 0 Å². The van der Waals surface area contributed by atoms with Crippen LogP contribution in [0.2, 0.25) is 0 Å². The summed E-state index contributed by atoms with van der Waals surface area (Å²) in [5.41, 5.74) is 0.612. The number of hydrogen-bond acceptors (Lipinski definition) is 2. The third kappa shape index (κ3) is 1.12. The van der Waals surface area contributed by atoms with Crippen molar-refractivity contribution in [2.24, 2.45) is 5.92 Å². The normalized spacial score (nSPS) is 27.9. The van der Waals surface area contributed by atoms with Crippen molar-refractivity contribution >= 4 is 5.97 Å². The zero-order chi connectivity index (χ0) is 6.85. The van der Waals surface area contributed by atoms with Crippen molar-refractivity contribution in [3.63, 3.8) is 0 Å². The van der Waals surface area contributed by atoms with Crippen LogP contribution in [0.15, 0.2) is 12.2 Å². The van der Waals surface area contributed by atoms with Crippen LogP contribution in [-0.2, 0) is 9.53 Å². The van der Waals surface area contributed by atoms with Crippen LogP contribution >= 0.6 is 0 Å². The second-order valence-corrected chi connectivity index (χ2v) is 2.35. The molecule has 0 N–H and O–H groups in total. The molecule has 0 spiro atoms. The molecular formula is C7H10O2. The Bertz CT molecular complexity index is 149. The molecule has 0 radical (unpaired) electrons. The summed E-state index contributed by atoms with van der Waals surface area (Å²) in [6.07, 6.45) is 0.921. The van der Waals surface area contributed by atoms with E-state index in [-0.39, 0.29) is 5.97 Å². The lowest BCUT2D eigenvalue weighted by molar-refractivity contribution is -0.142. The van der Waals surface area contributed by atoms with Gasteiger partial charge < -0.3 is 4.74 Å². The molecule has 1 aliphatic heterocycles. The molecule has 50 valence electrons. The lowest BCUT2D eigenvalue weighted by Gasteiger charge is -2.19. The van der Waals surface area contributed by atoms with Crippen LogP contribution in [0, 0.1) is 5.92 Å². The third-order valence-electron chi connectivity index (χ3n) is 1.64. The van der Waals surface area contributed by atoms with Crippen LogP contribution in [0.5, 0.6) is 0 Å². The first kappa shape index (κ1) is 6.33. The monoisotopic (exact) mass is 126 g/mol. The molecule has 1 heterocycles. The standard InChI is InChI=1S/C7H10O2/c1-5-3-4-9-7(8)6(5)2/h5H,2-4H2,1H3. The maximum Gasteiger partial charge on any atom is 0.333 e. The molecule has 0 amide bonds. The molecule has 0 aromatic rings. The van der Waals surface area contributed by atoms with E-state index in [2.05, 4.69) is 6.58 Å². The summed E-state index contributed by atoms with van der Waals surface area (Å²) in [6, 6.07) is 0. The van der Waals surface area contributed by atoms with Gasteiger partial charge in [-0.25, -0.2) is 4.79 Å². The summed E-state index contributed by atoms with van der Waals surface area (Å²) in [5.74, 6) is 0.0833. The average Bonchev–Trinajstić information content (AvgIpc) is 1.83. The summed E-state index contributed by atoms with van der Waals surface area (Å²) in [4.78, 5) is 10.7. The van der Waals surface area contributed by atoms with Gasteiger partial charge in [0.25, 0.3) is 0 Å². The number of carbonyl (C=O) groups excluding carboxylic acids is 1. The van der Waals surface area contributed by atoms with Gasteiger partial charge in [-0.2, -0.15) is 0 Å². The van der Waals surface area contributed by atoms with E-state index >= 15 is 0 Å². The molecule has 2 nitrogen and oxygen atoms in total. The lowest BCUT2D eigenvalue weighted by atomic mass is 9.98. The molecular weight excluding hydrogens is 116 g/mol. The minimum absolute atomic E-state index is 0.228. The van der Waals surface area contributed by atoms with Gasteiger partial charge in [0.2, 0.25) is 0 Å². The predicted octanol–water partition coefficient (Wildman–Crippen LogP) is 1.13. The van der Waals surface area contributed by atoms with E-state index in [0.717, 1.165) is 6.42 Å².